The van der Waals surface area contributed by atoms with Gasteiger partial charge in [-0.2, -0.15) is 0 Å². The fraction of sp³-hybridized carbons (Fsp3) is 0.0909. The summed E-state index contributed by atoms with van der Waals surface area (Å²) in [6.07, 6.45) is 0. The van der Waals surface area contributed by atoms with Crippen molar-refractivity contribution in [3.05, 3.63) is 99.5 Å². The first kappa shape index (κ1) is 19.4. The largest absolute Gasteiger partial charge is 0.345 e. The molecular formula is C22H16Cl2FN3O. The van der Waals surface area contributed by atoms with Gasteiger partial charge in [-0.25, -0.2) is 9.37 Å². The highest BCUT2D eigenvalue weighted by Gasteiger charge is 2.16. The van der Waals surface area contributed by atoms with Crippen LogP contribution >= 0.6 is 23.2 Å². The predicted molar refractivity (Wildman–Crippen MR) is 113 cm³/mol. The van der Waals surface area contributed by atoms with Crippen LogP contribution < -0.4 is 5.32 Å². The van der Waals surface area contributed by atoms with Gasteiger partial charge in [0.25, 0.3) is 5.91 Å². The number of carbonyl (C=O) groups excluding carboxylic acids is 1. The van der Waals surface area contributed by atoms with Crippen molar-refractivity contribution in [2.24, 2.45) is 0 Å². The third-order valence-corrected chi connectivity index (χ3v) is 5.19. The Bertz CT molecular complexity index is 1190. The Balaban J connectivity index is 1.66. The normalized spacial score (nSPS) is 11.0. The number of imidazole rings is 1. The molecule has 4 aromatic rings. The highest BCUT2D eigenvalue weighted by molar-refractivity contribution is 6.31. The molecule has 0 saturated heterocycles. The maximum atomic E-state index is 14.3. The summed E-state index contributed by atoms with van der Waals surface area (Å²) in [4.78, 5) is 17.1. The predicted octanol–water partition coefficient (Wildman–Crippen LogP) is 5.46. The minimum absolute atomic E-state index is 0.173. The molecule has 146 valence electrons. The van der Waals surface area contributed by atoms with Crippen molar-refractivity contribution in [1.82, 2.24) is 14.9 Å². The molecule has 0 bridgehead atoms. The maximum absolute atomic E-state index is 14.3. The van der Waals surface area contributed by atoms with Crippen LogP contribution in [0.2, 0.25) is 10.0 Å². The van der Waals surface area contributed by atoms with E-state index in [4.69, 9.17) is 23.2 Å². The third kappa shape index (κ3) is 4.11. The van der Waals surface area contributed by atoms with E-state index in [9.17, 15) is 9.18 Å². The van der Waals surface area contributed by atoms with Gasteiger partial charge in [-0.05, 0) is 42.5 Å². The summed E-state index contributed by atoms with van der Waals surface area (Å²) in [5.41, 5.74) is 2.42. The number of carbonyl (C=O) groups is 1. The Labute approximate surface area is 176 Å². The van der Waals surface area contributed by atoms with Crippen molar-refractivity contribution in [3.8, 4) is 0 Å². The molecule has 7 heteroatoms. The van der Waals surface area contributed by atoms with Gasteiger partial charge in [0.15, 0.2) is 0 Å². The topological polar surface area (TPSA) is 46.9 Å². The quantitative estimate of drug-likeness (QED) is 0.459. The summed E-state index contributed by atoms with van der Waals surface area (Å²) < 4.78 is 16.2. The molecule has 0 aliphatic carbocycles. The fourth-order valence-corrected chi connectivity index (χ4v) is 3.58. The molecule has 0 unspecified atom stereocenters. The van der Waals surface area contributed by atoms with Gasteiger partial charge >= 0.3 is 0 Å². The first-order valence-corrected chi connectivity index (χ1v) is 9.69. The molecule has 0 aliphatic heterocycles. The van der Waals surface area contributed by atoms with Gasteiger partial charge in [0.1, 0.15) is 11.6 Å². The van der Waals surface area contributed by atoms with Crippen molar-refractivity contribution in [2.45, 2.75) is 13.1 Å². The van der Waals surface area contributed by atoms with Crippen LogP contribution in [0.15, 0.2) is 66.7 Å². The molecule has 0 saturated carbocycles. The summed E-state index contributed by atoms with van der Waals surface area (Å²) in [6.45, 7) is 0.375. The monoisotopic (exact) mass is 427 g/mol. The zero-order valence-corrected chi connectivity index (χ0v) is 16.7. The Kier molecular flexibility index (Phi) is 5.51. The Morgan fingerprint density at radius 1 is 1.03 bits per heavy atom. The number of benzene rings is 3. The van der Waals surface area contributed by atoms with Crippen LogP contribution in [-0.2, 0) is 13.1 Å². The van der Waals surface area contributed by atoms with Gasteiger partial charge in [-0.15, -0.1) is 0 Å². The van der Waals surface area contributed by atoms with E-state index >= 15 is 0 Å². The minimum atomic E-state index is -0.385. The zero-order valence-electron chi connectivity index (χ0n) is 15.2. The van der Waals surface area contributed by atoms with E-state index < -0.39 is 0 Å². The molecule has 1 amide bonds. The molecule has 0 radical (unpaired) electrons. The van der Waals surface area contributed by atoms with E-state index in [1.807, 2.05) is 28.8 Å². The van der Waals surface area contributed by atoms with E-state index in [1.165, 1.54) is 6.07 Å². The molecule has 4 rings (SSSR count). The molecular weight excluding hydrogens is 412 g/mol. The molecule has 1 heterocycles. The zero-order chi connectivity index (χ0) is 20.4. The Hall–Kier alpha value is -2.89. The number of rotatable bonds is 5. The number of aromatic nitrogens is 2. The Morgan fingerprint density at radius 3 is 2.62 bits per heavy atom. The summed E-state index contributed by atoms with van der Waals surface area (Å²) in [6, 6.07) is 18.8. The molecule has 0 spiro atoms. The highest BCUT2D eigenvalue weighted by Crippen LogP contribution is 2.24. The first-order valence-electron chi connectivity index (χ1n) is 8.94. The lowest BCUT2D eigenvalue weighted by atomic mass is 10.2. The summed E-state index contributed by atoms with van der Waals surface area (Å²) >= 11 is 12.2. The average molecular weight is 428 g/mol. The van der Waals surface area contributed by atoms with Gasteiger partial charge in [0, 0.05) is 21.2 Å². The lowest BCUT2D eigenvalue weighted by Crippen LogP contribution is -2.25. The Morgan fingerprint density at radius 2 is 1.83 bits per heavy atom. The van der Waals surface area contributed by atoms with Crippen LogP contribution in [0.4, 0.5) is 4.39 Å². The smallest absolute Gasteiger partial charge is 0.251 e. The van der Waals surface area contributed by atoms with E-state index in [0.717, 1.165) is 11.0 Å². The number of nitrogens with one attached hydrogen (secondary N) is 1. The van der Waals surface area contributed by atoms with Gasteiger partial charge in [-0.1, -0.05) is 47.5 Å². The number of nitrogens with zero attached hydrogens (tertiary/aromatic N) is 2. The van der Waals surface area contributed by atoms with E-state index in [0.29, 0.717) is 27.0 Å². The second-order valence-electron chi connectivity index (χ2n) is 6.50. The van der Waals surface area contributed by atoms with Crippen LogP contribution in [0, 0.1) is 5.82 Å². The SMILES string of the molecule is O=C(NCc1nc2ccccc2n1Cc1c(F)cccc1Cl)c1cccc(Cl)c1. The molecule has 3 aromatic carbocycles. The molecule has 0 aliphatic rings. The third-order valence-electron chi connectivity index (χ3n) is 4.61. The summed E-state index contributed by atoms with van der Waals surface area (Å²) in [5, 5.41) is 3.68. The minimum Gasteiger partial charge on any atom is -0.345 e. The molecule has 0 atom stereocenters. The lowest BCUT2D eigenvalue weighted by Gasteiger charge is -2.12. The van der Waals surface area contributed by atoms with E-state index in [2.05, 4.69) is 10.3 Å². The van der Waals surface area contributed by atoms with Crippen LogP contribution in [0.3, 0.4) is 0 Å². The van der Waals surface area contributed by atoms with Gasteiger partial charge < -0.3 is 9.88 Å². The van der Waals surface area contributed by atoms with Crippen LogP contribution in [0.25, 0.3) is 11.0 Å². The number of hydrogen-bond acceptors (Lipinski definition) is 2. The van der Waals surface area contributed by atoms with Gasteiger partial charge in [-0.3, -0.25) is 4.79 Å². The number of hydrogen-bond donors (Lipinski definition) is 1. The van der Waals surface area contributed by atoms with Crippen LogP contribution in [0.5, 0.6) is 0 Å². The first-order chi connectivity index (χ1) is 14.0. The number of para-hydroxylation sites is 2. The summed E-state index contributed by atoms with van der Waals surface area (Å²) in [7, 11) is 0. The molecule has 0 fully saturated rings. The number of fused-ring (bicyclic) bond motifs is 1. The highest BCUT2D eigenvalue weighted by atomic mass is 35.5. The molecule has 4 nitrogen and oxygen atoms in total. The van der Waals surface area contributed by atoms with Crippen LogP contribution in [0.1, 0.15) is 21.7 Å². The van der Waals surface area contributed by atoms with E-state index in [-0.39, 0.29) is 24.8 Å². The van der Waals surface area contributed by atoms with Crippen LogP contribution in [-0.4, -0.2) is 15.5 Å². The van der Waals surface area contributed by atoms with Crippen molar-refractivity contribution in [1.29, 1.82) is 0 Å². The standard InChI is InChI=1S/C22H16Cl2FN3O/c23-15-6-3-5-14(11-15)22(29)26-12-21-27-19-9-1-2-10-20(19)28(21)13-16-17(24)7-4-8-18(16)25/h1-11H,12-13H2,(H,26,29). The number of halogens is 3. The van der Waals surface area contributed by atoms with Crippen molar-refractivity contribution in [2.75, 3.05) is 0 Å². The van der Waals surface area contributed by atoms with Crippen molar-refractivity contribution >= 4 is 40.1 Å². The molecule has 1 aromatic heterocycles. The van der Waals surface area contributed by atoms with Gasteiger partial charge in [0.05, 0.1) is 24.1 Å². The average Bonchev–Trinajstić information content (AvgIpc) is 3.06. The van der Waals surface area contributed by atoms with E-state index in [1.54, 1.807) is 36.4 Å². The van der Waals surface area contributed by atoms with Gasteiger partial charge in [0.2, 0.25) is 0 Å². The second kappa shape index (κ2) is 8.23. The fourth-order valence-electron chi connectivity index (χ4n) is 3.17. The second-order valence-corrected chi connectivity index (χ2v) is 7.34. The maximum Gasteiger partial charge on any atom is 0.251 e. The van der Waals surface area contributed by atoms with Crippen molar-refractivity contribution < 1.29 is 9.18 Å². The summed E-state index contributed by atoms with van der Waals surface area (Å²) in [5.74, 6) is -0.0554. The number of amides is 1. The van der Waals surface area contributed by atoms with Crippen molar-refractivity contribution in [3.63, 3.8) is 0 Å². The molecule has 1 N–H and O–H groups in total. The molecule has 29 heavy (non-hydrogen) atoms. The lowest BCUT2D eigenvalue weighted by molar-refractivity contribution is 0.0949.